The largest absolute Gasteiger partial charge is 0.384 e. The second kappa shape index (κ2) is 4.40. The molecule has 0 spiro atoms. The second-order valence-electron chi connectivity index (χ2n) is 3.96. The van der Waals surface area contributed by atoms with Gasteiger partial charge in [0.15, 0.2) is 0 Å². The molecule has 4 nitrogen and oxygen atoms in total. The highest BCUT2D eigenvalue weighted by Gasteiger charge is 2.15. The van der Waals surface area contributed by atoms with Gasteiger partial charge in [0.25, 0.3) is 0 Å². The first-order chi connectivity index (χ1) is 8.75. The lowest BCUT2D eigenvalue weighted by atomic mass is 10.0. The van der Waals surface area contributed by atoms with E-state index in [0.29, 0.717) is 10.6 Å². The van der Waals surface area contributed by atoms with E-state index in [0.717, 1.165) is 11.1 Å². The van der Waals surface area contributed by atoms with Crippen LogP contribution in [0.3, 0.4) is 0 Å². The summed E-state index contributed by atoms with van der Waals surface area (Å²) in [5, 5.41) is 15.1. The highest BCUT2D eigenvalue weighted by molar-refractivity contribution is 6.30. The average Bonchev–Trinajstić information content (AvgIpc) is 2.82. The second-order valence-corrected chi connectivity index (χ2v) is 4.40. The molecule has 1 N–H and O–H groups in total. The van der Waals surface area contributed by atoms with E-state index < -0.39 is 6.10 Å². The zero-order valence-corrected chi connectivity index (χ0v) is 10.1. The van der Waals surface area contributed by atoms with E-state index in [4.69, 9.17) is 11.6 Å². The molecular formula is C13H10ClN3O. The van der Waals surface area contributed by atoms with Crippen LogP contribution >= 0.6 is 11.6 Å². The molecule has 0 saturated heterocycles. The number of hydrogen-bond acceptors (Lipinski definition) is 3. The van der Waals surface area contributed by atoms with E-state index in [2.05, 4.69) is 10.1 Å². The number of fused-ring (bicyclic) bond motifs is 1. The number of halogens is 1. The number of aromatic nitrogens is 3. The van der Waals surface area contributed by atoms with Gasteiger partial charge < -0.3 is 5.11 Å². The molecule has 3 rings (SSSR count). The quantitative estimate of drug-likeness (QED) is 0.769. The lowest BCUT2D eigenvalue weighted by Gasteiger charge is -2.09. The topological polar surface area (TPSA) is 50.4 Å². The van der Waals surface area contributed by atoms with Crippen molar-refractivity contribution in [1.82, 2.24) is 14.6 Å². The summed E-state index contributed by atoms with van der Waals surface area (Å²) < 4.78 is 1.68. The third kappa shape index (κ3) is 1.85. The summed E-state index contributed by atoms with van der Waals surface area (Å²) in [4.78, 5) is 4.04. The third-order valence-corrected chi connectivity index (χ3v) is 3.05. The molecule has 0 aliphatic heterocycles. The van der Waals surface area contributed by atoms with Crippen LogP contribution in [0.5, 0.6) is 0 Å². The molecule has 2 aromatic heterocycles. The Kier molecular flexibility index (Phi) is 2.74. The number of hydrogen-bond donors (Lipinski definition) is 1. The van der Waals surface area contributed by atoms with E-state index >= 15 is 0 Å². The SMILES string of the molecule is OC(c1cccc(Cl)c1)c1cnn2ccncc12. The monoisotopic (exact) mass is 259 g/mol. The Labute approximate surface area is 108 Å². The molecule has 3 aromatic rings. The zero-order valence-electron chi connectivity index (χ0n) is 9.36. The van der Waals surface area contributed by atoms with Gasteiger partial charge in [0.05, 0.1) is 17.9 Å². The standard InChI is InChI=1S/C13H10ClN3O/c14-10-3-1-2-9(6-10)13(18)11-7-16-17-5-4-15-8-12(11)17/h1-8,13,18H. The zero-order chi connectivity index (χ0) is 12.5. The van der Waals surface area contributed by atoms with Crippen molar-refractivity contribution >= 4 is 17.1 Å². The van der Waals surface area contributed by atoms with Crippen molar-refractivity contribution < 1.29 is 5.11 Å². The van der Waals surface area contributed by atoms with Crippen molar-refractivity contribution in [1.29, 1.82) is 0 Å². The van der Waals surface area contributed by atoms with Crippen molar-refractivity contribution in [2.24, 2.45) is 0 Å². The van der Waals surface area contributed by atoms with E-state index in [-0.39, 0.29) is 0 Å². The van der Waals surface area contributed by atoms with Gasteiger partial charge in [-0.15, -0.1) is 0 Å². The van der Waals surface area contributed by atoms with Crippen molar-refractivity contribution in [3.8, 4) is 0 Å². The molecule has 90 valence electrons. The highest BCUT2D eigenvalue weighted by atomic mass is 35.5. The van der Waals surface area contributed by atoms with Crippen LogP contribution in [0, 0.1) is 0 Å². The van der Waals surface area contributed by atoms with Crippen LogP contribution in [0.25, 0.3) is 5.52 Å². The predicted molar refractivity (Wildman–Crippen MR) is 68.5 cm³/mol. The number of aliphatic hydroxyl groups is 1. The molecule has 0 saturated carbocycles. The van der Waals surface area contributed by atoms with Crippen LogP contribution in [0.15, 0.2) is 49.1 Å². The molecule has 1 aromatic carbocycles. The first-order valence-corrected chi connectivity index (χ1v) is 5.84. The van der Waals surface area contributed by atoms with Crippen LogP contribution in [-0.2, 0) is 0 Å². The van der Waals surface area contributed by atoms with Gasteiger partial charge in [-0.25, -0.2) is 4.52 Å². The van der Waals surface area contributed by atoms with Crippen LogP contribution in [-0.4, -0.2) is 19.7 Å². The van der Waals surface area contributed by atoms with E-state index in [9.17, 15) is 5.11 Å². The first-order valence-electron chi connectivity index (χ1n) is 5.46. The minimum absolute atomic E-state index is 0.598. The summed E-state index contributed by atoms with van der Waals surface area (Å²) >= 11 is 5.92. The van der Waals surface area contributed by atoms with Crippen LogP contribution < -0.4 is 0 Å². The summed E-state index contributed by atoms with van der Waals surface area (Å²) in [5.41, 5.74) is 2.23. The highest BCUT2D eigenvalue weighted by Crippen LogP contribution is 2.26. The fraction of sp³-hybridized carbons (Fsp3) is 0.0769. The summed E-state index contributed by atoms with van der Waals surface area (Å²) in [7, 11) is 0. The van der Waals surface area contributed by atoms with Gasteiger partial charge >= 0.3 is 0 Å². The van der Waals surface area contributed by atoms with Gasteiger partial charge in [0, 0.05) is 23.0 Å². The molecule has 0 aliphatic carbocycles. The maximum atomic E-state index is 10.4. The molecule has 0 aliphatic rings. The first kappa shape index (κ1) is 11.2. The van der Waals surface area contributed by atoms with Gasteiger partial charge in [-0.2, -0.15) is 5.10 Å². The Morgan fingerprint density at radius 3 is 3.00 bits per heavy atom. The minimum atomic E-state index is -0.759. The van der Waals surface area contributed by atoms with Crippen molar-refractivity contribution in [2.45, 2.75) is 6.10 Å². The van der Waals surface area contributed by atoms with Crippen LogP contribution in [0.1, 0.15) is 17.2 Å². The number of aliphatic hydroxyl groups excluding tert-OH is 1. The number of rotatable bonds is 2. The van der Waals surface area contributed by atoms with Gasteiger partial charge in [-0.1, -0.05) is 23.7 Å². The van der Waals surface area contributed by atoms with Gasteiger partial charge in [0.2, 0.25) is 0 Å². The average molecular weight is 260 g/mol. The Morgan fingerprint density at radius 2 is 2.17 bits per heavy atom. The molecule has 18 heavy (non-hydrogen) atoms. The van der Waals surface area contributed by atoms with Gasteiger partial charge in [-0.3, -0.25) is 4.98 Å². The molecule has 0 amide bonds. The third-order valence-electron chi connectivity index (χ3n) is 2.81. The summed E-state index contributed by atoms with van der Waals surface area (Å²) in [6.45, 7) is 0. The molecule has 1 atom stereocenters. The Bertz CT molecular complexity index is 695. The summed E-state index contributed by atoms with van der Waals surface area (Å²) in [6, 6.07) is 7.16. The maximum absolute atomic E-state index is 10.4. The smallest absolute Gasteiger partial charge is 0.108 e. The lowest BCUT2D eigenvalue weighted by molar-refractivity contribution is 0.222. The molecule has 0 radical (unpaired) electrons. The summed E-state index contributed by atoms with van der Waals surface area (Å²) in [5.74, 6) is 0. The molecule has 0 fully saturated rings. The van der Waals surface area contributed by atoms with Crippen LogP contribution in [0.2, 0.25) is 5.02 Å². The van der Waals surface area contributed by atoms with Gasteiger partial charge in [-0.05, 0) is 17.7 Å². The van der Waals surface area contributed by atoms with Crippen molar-refractivity contribution in [3.05, 3.63) is 65.2 Å². The van der Waals surface area contributed by atoms with Crippen molar-refractivity contribution in [3.63, 3.8) is 0 Å². The minimum Gasteiger partial charge on any atom is -0.384 e. The lowest BCUT2D eigenvalue weighted by Crippen LogP contribution is -1.99. The molecule has 1 unspecified atom stereocenters. The van der Waals surface area contributed by atoms with E-state index in [1.54, 1.807) is 41.4 Å². The molecule has 2 heterocycles. The Balaban J connectivity index is 2.09. The fourth-order valence-corrected chi connectivity index (χ4v) is 2.12. The van der Waals surface area contributed by atoms with E-state index in [1.165, 1.54) is 0 Å². The van der Waals surface area contributed by atoms with Crippen LogP contribution in [0.4, 0.5) is 0 Å². The maximum Gasteiger partial charge on any atom is 0.108 e. The van der Waals surface area contributed by atoms with E-state index in [1.807, 2.05) is 12.1 Å². The number of nitrogens with zero attached hydrogens (tertiary/aromatic N) is 3. The number of benzene rings is 1. The van der Waals surface area contributed by atoms with Crippen molar-refractivity contribution in [2.75, 3.05) is 0 Å². The molecule has 0 bridgehead atoms. The Hall–Kier alpha value is -1.91. The van der Waals surface area contributed by atoms with Gasteiger partial charge in [0.1, 0.15) is 6.10 Å². The summed E-state index contributed by atoms with van der Waals surface area (Å²) in [6.07, 6.45) is 5.95. The Morgan fingerprint density at radius 1 is 1.28 bits per heavy atom. The molecule has 5 heteroatoms. The normalized spacial score (nSPS) is 12.8. The molecular weight excluding hydrogens is 250 g/mol. The fourth-order valence-electron chi connectivity index (χ4n) is 1.92. The predicted octanol–water partition coefficient (Wildman–Crippen LogP) is 2.46.